The van der Waals surface area contributed by atoms with E-state index in [0.717, 1.165) is 36.3 Å². The second-order valence-electron chi connectivity index (χ2n) is 4.96. The van der Waals surface area contributed by atoms with E-state index in [9.17, 15) is 4.79 Å². The molecule has 1 unspecified atom stereocenters. The van der Waals surface area contributed by atoms with Crippen LogP contribution in [0.15, 0.2) is 16.2 Å². The molecule has 19 heavy (non-hydrogen) atoms. The molecule has 2 aromatic heterocycles. The van der Waals surface area contributed by atoms with E-state index in [0.29, 0.717) is 10.7 Å². The van der Waals surface area contributed by atoms with Crippen LogP contribution >= 0.6 is 23.6 Å². The highest BCUT2D eigenvalue weighted by Gasteiger charge is 2.24. The van der Waals surface area contributed by atoms with Gasteiger partial charge in [-0.05, 0) is 49.3 Å². The van der Waals surface area contributed by atoms with Crippen LogP contribution in [0.4, 0.5) is 0 Å². The lowest BCUT2D eigenvalue weighted by molar-refractivity contribution is 0.0506. The zero-order valence-electron chi connectivity index (χ0n) is 10.7. The maximum Gasteiger partial charge on any atom is 0.272 e. The molecule has 3 rings (SSSR count). The number of H-pyrrole nitrogens is 1. The van der Waals surface area contributed by atoms with Gasteiger partial charge in [-0.3, -0.25) is 9.36 Å². The standard InChI is InChI=1S/C13H16N2O2S2/c1-8(9-2-5-17-6-3-9)15-12(16)11-10(4-7-19-11)14-13(15)18/h4,7-9H,2-3,5-6H2,1H3,(H,14,18). The largest absolute Gasteiger partial charge is 0.381 e. The molecule has 0 aliphatic carbocycles. The van der Waals surface area contributed by atoms with Crippen LogP contribution in [0.2, 0.25) is 0 Å². The van der Waals surface area contributed by atoms with Crippen molar-refractivity contribution in [1.29, 1.82) is 0 Å². The van der Waals surface area contributed by atoms with E-state index in [2.05, 4.69) is 11.9 Å². The lowest BCUT2D eigenvalue weighted by Gasteiger charge is -2.28. The summed E-state index contributed by atoms with van der Waals surface area (Å²) in [5.41, 5.74) is 0.878. The molecule has 3 heterocycles. The number of hydrogen-bond acceptors (Lipinski definition) is 4. The van der Waals surface area contributed by atoms with Gasteiger partial charge in [-0.2, -0.15) is 0 Å². The molecule has 0 radical (unpaired) electrons. The third-order valence-electron chi connectivity index (χ3n) is 3.89. The van der Waals surface area contributed by atoms with Crippen molar-refractivity contribution in [3.63, 3.8) is 0 Å². The Hall–Kier alpha value is -0.980. The Balaban J connectivity index is 2.08. The first-order chi connectivity index (χ1) is 9.18. The molecule has 4 nitrogen and oxygen atoms in total. The van der Waals surface area contributed by atoms with Crippen molar-refractivity contribution >= 4 is 33.8 Å². The van der Waals surface area contributed by atoms with Crippen molar-refractivity contribution in [1.82, 2.24) is 9.55 Å². The summed E-state index contributed by atoms with van der Waals surface area (Å²) in [5, 5.41) is 1.92. The molecular weight excluding hydrogens is 280 g/mol. The lowest BCUT2D eigenvalue weighted by atomic mass is 9.93. The van der Waals surface area contributed by atoms with Gasteiger partial charge in [0.25, 0.3) is 5.56 Å². The quantitative estimate of drug-likeness (QED) is 0.866. The van der Waals surface area contributed by atoms with Crippen molar-refractivity contribution in [2.24, 2.45) is 5.92 Å². The number of thiophene rings is 1. The van der Waals surface area contributed by atoms with Gasteiger partial charge >= 0.3 is 0 Å². The van der Waals surface area contributed by atoms with Gasteiger partial charge in [-0.1, -0.05) is 0 Å². The minimum Gasteiger partial charge on any atom is -0.381 e. The zero-order valence-corrected chi connectivity index (χ0v) is 12.4. The molecule has 1 aliphatic heterocycles. The van der Waals surface area contributed by atoms with Crippen LogP contribution in [0.1, 0.15) is 25.8 Å². The van der Waals surface area contributed by atoms with Gasteiger partial charge < -0.3 is 9.72 Å². The maximum absolute atomic E-state index is 12.5. The molecule has 1 aliphatic rings. The highest BCUT2D eigenvalue weighted by molar-refractivity contribution is 7.71. The van der Waals surface area contributed by atoms with Crippen LogP contribution in [0.25, 0.3) is 10.2 Å². The molecule has 1 atom stereocenters. The summed E-state index contributed by atoms with van der Waals surface area (Å²) < 4.78 is 8.41. The number of hydrogen-bond donors (Lipinski definition) is 1. The average molecular weight is 296 g/mol. The van der Waals surface area contributed by atoms with Gasteiger partial charge in [-0.25, -0.2) is 0 Å². The monoisotopic (exact) mass is 296 g/mol. The van der Waals surface area contributed by atoms with E-state index in [4.69, 9.17) is 17.0 Å². The summed E-state index contributed by atoms with van der Waals surface area (Å²) in [4.78, 5) is 15.7. The first kappa shape index (κ1) is 13.0. The minimum atomic E-state index is 0.0349. The molecule has 0 spiro atoms. The predicted molar refractivity (Wildman–Crippen MR) is 79.5 cm³/mol. The van der Waals surface area contributed by atoms with E-state index < -0.39 is 0 Å². The number of rotatable bonds is 2. The molecule has 6 heteroatoms. The molecule has 0 amide bonds. The molecular formula is C13H16N2O2S2. The van der Waals surface area contributed by atoms with Crippen LogP contribution in [0.3, 0.4) is 0 Å². The van der Waals surface area contributed by atoms with Crippen LogP contribution in [0.5, 0.6) is 0 Å². The van der Waals surface area contributed by atoms with Gasteiger partial charge in [-0.15, -0.1) is 11.3 Å². The van der Waals surface area contributed by atoms with E-state index in [1.54, 1.807) is 4.57 Å². The van der Waals surface area contributed by atoms with Crippen molar-refractivity contribution in [2.75, 3.05) is 13.2 Å². The molecule has 1 N–H and O–H groups in total. The van der Waals surface area contributed by atoms with Crippen molar-refractivity contribution in [2.45, 2.75) is 25.8 Å². The summed E-state index contributed by atoms with van der Waals surface area (Å²) in [6.45, 7) is 3.64. The van der Waals surface area contributed by atoms with Crippen molar-refractivity contribution < 1.29 is 4.74 Å². The highest BCUT2D eigenvalue weighted by atomic mass is 32.1. The zero-order chi connectivity index (χ0) is 13.4. The van der Waals surface area contributed by atoms with E-state index in [1.165, 1.54) is 11.3 Å². The van der Waals surface area contributed by atoms with Gasteiger partial charge in [0.05, 0.1) is 5.52 Å². The fourth-order valence-electron chi connectivity index (χ4n) is 2.73. The topological polar surface area (TPSA) is 47.0 Å². The summed E-state index contributed by atoms with van der Waals surface area (Å²) in [6.07, 6.45) is 1.98. The molecule has 0 saturated carbocycles. The smallest absolute Gasteiger partial charge is 0.272 e. The van der Waals surface area contributed by atoms with Crippen LogP contribution in [0, 0.1) is 10.7 Å². The molecule has 1 saturated heterocycles. The number of aromatic amines is 1. The van der Waals surface area contributed by atoms with Crippen LogP contribution in [-0.2, 0) is 4.74 Å². The molecule has 1 fully saturated rings. The predicted octanol–water partition coefficient (Wildman–Crippen LogP) is 3.11. The Morgan fingerprint density at radius 1 is 1.53 bits per heavy atom. The fourth-order valence-corrected chi connectivity index (χ4v) is 3.87. The number of nitrogens with zero attached hydrogens (tertiary/aromatic N) is 1. The van der Waals surface area contributed by atoms with Crippen LogP contribution < -0.4 is 5.56 Å². The Bertz CT molecular complexity index is 694. The van der Waals surface area contributed by atoms with E-state index in [1.807, 2.05) is 11.4 Å². The normalized spacial score (nSPS) is 18.8. The molecule has 102 valence electrons. The van der Waals surface area contributed by atoms with E-state index in [-0.39, 0.29) is 11.6 Å². The molecule has 2 aromatic rings. The number of ether oxygens (including phenoxy) is 1. The summed E-state index contributed by atoms with van der Waals surface area (Å²) >= 11 is 6.82. The first-order valence-corrected chi connectivity index (χ1v) is 7.77. The Morgan fingerprint density at radius 2 is 2.26 bits per heavy atom. The summed E-state index contributed by atoms with van der Waals surface area (Å²) in [5.74, 6) is 0.457. The van der Waals surface area contributed by atoms with Crippen LogP contribution in [-0.4, -0.2) is 22.8 Å². The average Bonchev–Trinajstić information content (AvgIpc) is 2.88. The fraction of sp³-hybridized carbons (Fsp3) is 0.538. The maximum atomic E-state index is 12.5. The summed E-state index contributed by atoms with van der Waals surface area (Å²) in [7, 11) is 0. The minimum absolute atomic E-state index is 0.0349. The molecule has 0 aromatic carbocycles. The third-order valence-corrected chi connectivity index (χ3v) is 5.10. The number of fused-ring (bicyclic) bond motifs is 1. The van der Waals surface area contributed by atoms with Gasteiger partial charge in [0.2, 0.25) is 0 Å². The lowest BCUT2D eigenvalue weighted by Crippen LogP contribution is -2.31. The van der Waals surface area contributed by atoms with Crippen molar-refractivity contribution in [3.8, 4) is 0 Å². The Kier molecular flexibility index (Phi) is 3.56. The van der Waals surface area contributed by atoms with Gasteiger partial charge in [0, 0.05) is 19.3 Å². The third kappa shape index (κ3) is 2.28. The van der Waals surface area contributed by atoms with Gasteiger partial charge in [0.1, 0.15) is 4.70 Å². The second kappa shape index (κ2) is 5.19. The summed E-state index contributed by atoms with van der Waals surface area (Å²) in [6, 6.07) is 2.02. The van der Waals surface area contributed by atoms with Crippen molar-refractivity contribution in [3.05, 3.63) is 26.6 Å². The number of nitrogens with one attached hydrogen (secondary N) is 1. The highest BCUT2D eigenvalue weighted by Crippen LogP contribution is 2.27. The Morgan fingerprint density at radius 3 is 3.00 bits per heavy atom. The SMILES string of the molecule is CC(C1CCOCC1)n1c(=S)[nH]c2ccsc2c1=O. The van der Waals surface area contributed by atoms with E-state index >= 15 is 0 Å². The molecule has 0 bridgehead atoms. The first-order valence-electron chi connectivity index (χ1n) is 6.48. The number of aromatic nitrogens is 2. The second-order valence-corrected chi connectivity index (χ2v) is 6.26. The van der Waals surface area contributed by atoms with Gasteiger partial charge in [0.15, 0.2) is 4.77 Å². The Labute approximate surface area is 120 Å².